The molecule has 0 amide bonds. The number of rotatable bonds is 4. The molecule has 0 bridgehead atoms. The maximum absolute atomic E-state index is 11.7. The van der Waals surface area contributed by atoms with Crippen LogP contribution in [0.15, 0.2) is 22.0 Å². The molecule has 0 spiro atoms. The summed E-state index contributed by atoms with van der Waals surface area (Å²) in [4.78, 5) is 3.94. The minimum atomic E-state index is -2.28. The first-order chi connectivity index (χ1) is 6.18. The molecule has 0 aliphatic rings. The first-order valence-electron chi connectivity index (χ1n) is 3.39. The number of halogens is 3. The minimum Gasteiger partial charge on any atom is -0.236 e. The average molecular weight is 242 g/mol. The van der Waals surface area contributed by atoms with Gasteiger partial charge in [0.05, 0.1) is 6.20 Å². The van der Waals surface area contributed by atoms with Crippen LogP contribution in [0.3, 0.4) is 0 Å². The van der Waals surface area contributed by atoms with E-state index in [0.29, 0.717) is 4.34 Å². The molecule has 0 saturated heterocycles. The fraction of sp³-hybridized carbons (Fsp3) is 0.286. The van der Waals surface area contributed by atoms with Crippen molar-refractivity contribution in [2.24, 2.45) is 0 Å². The Morgan fingerprint density at radius 1 is 1.69 bits per heavy atom. The highest BCUT2D eigenvalue weighted by Crippen LogP contribution is 2.27. The van der Waals surface area contributed by atoms with Crippen LogP contribution in [-0.4, -0.2) is 11.4 Å². The van der Waals surface area contributed by atoms with Crippen LogP contribution in [0.2, 0.25) is 4.34 Å². The van der Waals surface area contributed by atoms with Crippen LogP contribution in [0.4, 0.5) is 8.78 Å². The molecule has 72 valence electrons. The number of hydrogen-bond acceptors (Lipinski definition) is 3. The summed E-state index contributed by atoms with van der Waals surface area (Å²) in [5.74, 6) is 0. The van der Waals surface area contributed by atoms with E-state index in [1.807, 2.05) is 0 Å². The summed E-state index contributed by atoms with van der Waals surface area (Å²) in [5, 5.41) is 1.60. The average Bonchev–Trinajstić information content (AvgIpc) is 2.45. The van der Waals surface area contributed by atoms with Crippen LogP contribution in [0.1, 0.15) is 6.42 Å². The fourth-order valence-corrected chi connectivity index (χ4v) is 2.41. The van der Waals surface area contributed by atoms with Crippen molar-refractivity contribution >= 4 is 34.7 Å². The lowest BCUT2D eigenvalue weighted by molar-refractivity contribution is 0.152. The van der Waals surface area contributed by atoms with Crippen molar-refractivity contribution in [3.05, 3.63) is 22.0 Å². The zero-order valence-corrected chi connectivity index (χ0v) is 8.80. The lowest BCUT2D eigenvalue weighted by Gasteiger charge is -1.89. The van der Waals surface area contributed by atoms with E-state index in [2.05, 4.69) is 4.98 Å². The third-order valence-corrected chi connectivity index (χ3v) is 3.12. The van der Waals surface area contributed by atoms with Gasteiger partial charge in [-0.15, -0.1) is 0 Å². The molecule has 1 aromatic heterocycles. The van der Waals surface area contributed by atoms with Crippen LogP contribution >= 0.6 is 34.7 Å². The Labute approximate surface area is 87.8 Å². The van der Waals surface area contributed by atoms with E-state index in [4.69, 9.17) is 11.6 Å². The number of nitrogens with zero attached hydrogens (tertiary/aromatic N) is 1. The smallest absolute Gasteiger partial charge is 0.236 e. The predicted octanol–water partition coefficient (Wildman–Crippen LogP) is 4.06. The Hall–Kier alpha value is -0.130. The van der Waals surface area contributed by atoms with Crippen LogP contribution in [-0.2, 0) is 0 Å². The van der Waals surface area contributed by atoms with E-state index in [0.717, 1.165) is 4.34 Å². The summed E-state index contributed by atoms with van der Waals surface area (Å²) in [6.45, 7) is 0. The van der Waals surface area contributed by atoms with Crippen LogP contribution < -0.4 is 0 Å². The zero-order chi connectivity index (χ0) is 9.68. The topological polar surface area (TPSA) is 12.9 Å². The third kappa shape index (κ3) is 4.59. The fourth-order valence-electron chi connectivity index (χ4n) is 0.559. The number of hydrogen-bond donors (Lipinski definition) is 0. The Bertz CT molecular complexity index is 288. The summed E-state index contributed by atoms with van der Waals surface area (Å²) in [5.41, 5.74) is 0. The van der Waals surface area contributed by atoms with E-state index in [9.17, 15) is 8.78 Å². The van der Waals surface area contributed by atoms with Gasteiger partial charge in [0.2, 0.25) is 6.43 Å². The molecule has 0 atom stereocenters. The minimum absolute atomic E-state index is 0.216. The second-order valence-electron chi connectivity index (χ2n) is 2.05. The SMILES string of the molecule is FC(F)CC=CSc1ncc(Cl)s1. The Kier molecular flexibility index (Phi) is 4.69. The predicted molar refractivity (Wildman–Crippen MR) is 52.7 cm³/mol. The van der Waals surface area contributed by atoms with Crippen LogP contribution in [0.5, 0.6) is 0 Å². The molecular formula is C7H6ClF2NS2. The van der Waals surface area contributed by atoms with E-state index >= 15 is 0 Å². The van der Waals surface area contributed by atoms with E-state index < -0.39 is 6.43 Å². The highest BCUT2D eigenvalue weighted by molar-refractivity contribution is 8.03. The highest BCUT2D eigenvalue weighted by Gasteiger charge is 1.99. The van der Waals surface area contributed by atoms with Crippen molar-refractivity contribution in [2.45, 2.75) is 17.2 Å². The second-order valence-corrected chi connectivity index (χ2v) is 4.86. The summed E-state index contributed by atoms with van der Waals surface area (Å²) >= 11 is 8.24. The second kappa shape index (κ2) is 5.57. The lowest BCUT2D eigenvalue weighted by Crippen LogP contribution is -1.83. The molecule has 0 fully saturated rings. The molecule has 0 aliphatic heterocycles. The summed E-state index contributed by atoms with van der Waals surface area (Å²) in [7, 11) is 0. The van der Waals surface area contributed by atoms with Gasteiger partial charge in [-0.05, 0) is 5.41 Å². The molecule has 1 rings (SSSR count). The van der Waals surface area contributed by atoms with Gasteiger partial charge < -0.3 is 0 Å². The summed E-state index contributed by atoms with van der Waals surface area (Å²) in [6.07, 6.45) is 0.462. The molecule has 13 heavy (non-hydrogen) atoms. The molecule has 0 radical (unpaired) electrons. The van der Waals surface area contributed by atoms with Gasteiger partial charge in [0.25, 0.3) is 0 Å². The van der Waals surface area contributed by atoms with Crippen molar-refractivity contribution in [3.8, 4) is 0 Å². The quantitative estimate of drug-likeness (QED) is 0.738. The van der Waals surface area contributed by atoms with Gasteiger partial charge >= 0.3 is 0 Å². The molecule has 1 aromatic rings. The summed E-state index contributed by atoms with van der Waals surface area (Å²) in [6, 6.07) is 0. The zero-order valence-electron chi connectivity index (χ0n) is 6.41. The molecule has 0 unspecified atom stereocenters. The third-order valence-electron chi connectivity index (χ3n) is 1.04. The van der Waals surface area contributed by atoms with Gasteiger partial charge in [-0.2, -0.15) is 0 Å². The Balaban J connectivity index is 2.30. The first-order valence-corrected chi connectivity index (χ1v) is 5.47. The monoisotopic (exact) mass is 241 g/mol. The maximum atomic E-state index is 11.7. The Morgan fingerprint density at radius 3 is 3.00 bits per heavy atom. The summed E-state index contributed by atoms with van der Waals surface area (Å²) < 4.78 is 24.7. The van der Waals surface area contributed by atoms with Gasteiger partial charge in [0.1, 0.15) is 4.34 Å². The van der Waals surface area contributed by atoms with Crippen molar-refractivity contribution < 1.29 is 8.78 Å². The Morgan fingerprint density at radius 2 is 2.46 bits per heavy atom. The normalized spacial score (nSPS) is 11.7. The largest absolute Gasteiger partial charge is 0.242 e. The number of aromatic nitrogens is 1. The number of thiazole rings is 1. The van der Waals surface area contributed by atoms with E-state index in [-0.39, 0.29) is 6.42 Å². The standard InChI is InChI=1S/C7H6ClF2NS2/c8-5-4-11-7(13-5)12-3-1-2-6(9)10/h1,3-4,6H,2H2. The van der Waals surface area contributed by atoms with Gasteiger partial charge in [0, 0.05) is 6.42 Å². The number of allylic oxidation sites excluding steroid dienone is 1. The van der Waals surface area contributed by atoms with E-state index in [1.54, 1.807) is 5.41 Å². The molecule has 0 aliphatic carbocycles. The molecule has 0 N–H and O–H groups in total. The van der Waals surface area contributed by atoms with Crippen LogP contribution in [0, 0.1) is 0 Å². The van der Waals surface area contributed by atoms with Gasteiger partial charge in [0.15, 0.2) is 4.34 Å². The van der Waals surface area contributed by atoms with Crippen molar-refractivity contribution in [2.75, 3.05) is 0 Å². The molecule has 0 saturated carbocycles. The molecule has 6 heteroatoms. The maximum Gasteiger partial charge on any atom is 0.242 e. The van der Waals surface area contributed by atoms with Crippen molar-refractivity contribution in [1.29, 1.82) is 0 Å². The van der Waals surface area contributed by atoms with E-state index in [1.165, 1.54) is 35.4 Å². The molecule has 1 heterocycles. The van der Waals surface area contributed by atoms with Crippen molar-refractivity contribution in [1.82, 2.24) is 4.98 Å². The molecule has 0 aromatic carbocycles. The first kappa shape index (κ1) is 10.9. The number of alkyl halides is 2. The molecule has 1 nitrogen and oxygen atoms in total. The highest BCUT2D eigenvalue weighted by atomic mass is 35.5. The lowest BCUT2D eigenvalue weighted by atomic mass is 10.4. The van der Waals surface area contributed by atoms with Gasteiger partial charge in [-0.3, -0.25) is 0 Å². The molecular weight excluding hydrogens is 236 g/mol. The number of thioether (sulfide) groups is 1. The van der Waals surface area contributed by atoms with Crippen LogP contribution in [0.25, 0.3) is 0 Å². The van der Waals surface area contributed by atoms with Gasteiger partial charge in [-0.25, -0.2) is 13.8 Å². The van der Waals surface area contributed by atoms with Gasteiger partial charge in [-0.1, -0.05) is 40.8 Å². The van der Waals surface area contributed by atoms with Crippen molar-refractivity contribution in [3.63, 3.8) is 0 Å².